The van der Waals surface area contributed by atoms with Gasteiger partial charge in [0.15, 0.2) is 5.78 Å². The Hall–Kier alpha value is -0.530. The van der Waals surface area contributed by atoms with Gasteiger partial charge in [-0.2, -0.15) is 0 Å². The summed E-state index contributed by atoms with van der Waals surface area (Å²) in [6.07, 6.45) is 0. The average molecular weight is 278 g/mol. The number of hydrogen-bond donors (Lipinski definition) is 1. The Kier molecular flexibility index (Phi) is 13.5. The highest BCUT2D eigenvalue weighted by Crippen LogP contribution is 1.94. The molecule has 0 aromatic rings. The van der Waals surface area contributed by atoms with E-state index >= 15 is 0 Å². The Morgan fingerprint density at radius 3 is 1.68 bits per heavy atom. The third-order valence-corrected chi connectivity index (χ3v) is 2.29. The fourth-order valence-electron chi connectivity index (χ4n) is 1.10. The zero-order chi connectivity index (χ0) is 14.3. The summed E-state index contributed by atoms with van der Waals surface area (Å²) in [5.41, 5.74) is 3.67. The van der Waals surface area contributed by atoms with Crippen LogP contribution in [0.25, 0.3) is 0 Å². The third-order valence-electron chi connectivity index (χ3n) is 2.29. The lowest BCUT2D eigenvalue weighted by Crippen LogP contribution is -2.52. The zero-order valence-corrected chi connectivity index (χ0v) is 12.2. The fraction of sp³-hybridized carbons (Fsp3) is 0.923. The summed E-state index contributed by atoms with van der Waals surface area (Å²) in [6.45, 7) is 8.49. The molecule has 6 nitrogen and oxygen atoms in total. The molecule has 0 aliphatic heterocycles. The van der Waals surface area contributed by atoms with Crippen molar-refractivity contribution in [2.45, 2.75) is 13.8 Å². The Morgan fingerprint density at radius 1 is 0.842 bits per heavy atom. The van der Waals surface area contributed by atoms with Gasteiger partial charge in [0.1, 0.15) is 6.61 Å². The molecule has 0 radical (unpaired) electrons. The minimum Gasteiger partial charge on any atom is -0.377 e. The SMILES string of the molecule is CC(C)C(=O)COCCOCCOCCOCC[NH3+]. The van der Waals surface area contributed by atoms with Crippen LogP contribution in [0.15, 0.2) is 0 Å². The van der Waals surface area contributed by atoms with Gasteiger partial charge in [-0.15, -0.1) is 0 Å². The van der Waals surface area contributed by atoms with Crippen LogP contribution in [0.2, 0.25) is 0 Å². The molecule has 0 aliphatic rings. The van der Waals surface area contributed by atoms with E-state index in [4.69, 9.17) is 18.9 Å². The van der Waals surface area contributed by atoms with Crippen molar-refractivity contribution >= 4 is 5.78 Å². The molecule has 6 heteroatoms. The number of hydrogen-bond acceptors (Lipinski definition) is 5. The van der Waals surface area contributed by atoms with Crippen LogP contribution in [0.3, 0.4) is 0 Å². The van der Waals surface area contributed by atoms with E-state index < -0.39 is 0 Å². The number of carbonyl (C=O) groups excluding carboxylic acids is 1. The fourth-order valence-corrected chi connectivity index (χ4v) is 1.10. The highest BCUT2D eigenvalue weighted by atomic mass is 16.6. The molecule has 0 heterocycles. The maximum Gasteiger partial charge on any atom is 0.160 e. The van der Waals surface area contributed by atoms with Crippen molar-refractivity contribution in [2.75, 3.05) is 59.4 Å². The minimum atomic E-state index is 0.0278. The molecule has 3 N–H and O–H groups in total. The van der Waals surface area contributed by atoms with Crippen LogP contribution in [0.1, 0.15) is 13.8 Å². The molecule has 0 bridgehead atoms. The second kappa shape index (κ2) is 13.9. The molecule has 0 saturated carbocycles. The number of ether oxygens (including phenoxy) is 4. The first kappa shape index (κ1) is 18.5. The van der Waals surface area contributed by atoms with Gasteiger partial charge in [0.2, 0.25) is 0 Å². The quantitative estimate of drug-likeness (QED) is 0.434. The lowest BCUT2D eigenvalue weighted by molar-refractivity contribution is -0.374. The van der Waals surface area contributed by atoms with Crippen molar-refractivity contribution < 1.29 is 29.5 Å². The molecule has 114 valence electrons. The summed E-state index contributed by atoms with van der Waals surface area (Å²) in [5.74, 6) is 0.144. The molecule has 19 heavy (non-hydrogen) atoms. The van der Waals surface area contributed by atoms with Gasteiger partial charge in [0.05, 0.1) is 52.8 Å². The van der Waals surface area contributed by atoms with Crippen LogP contribution in [0.4, 0.5) is 0 Å². The third kappa shape index (κ3) is 13.7. The predicted octanol–water partition coefficient (Wildman–Crippen LogP) is -0.480. The van der Waals surface area contributed by atoms with E-state index in [1.807, 2.05) is 13.8 Å². The smallest absolute Gasteiger partial charge is 0.160 e. The van der Waals surface area contributed by atoms with Crippen molar-refractivity contribution in [1.82, 2.24) is 0 Å². The van der Waals surface area contributed by atoms with Gasteiger partial charge in [-0.3, -0.25) is 4.79 Å². The van der Waals surface area contributed by atoms with E-state index in [0.717, 1.165) is 6.54 Å². The molecular formula is C13H28NO5+. The van der Waals surface area contributed by atoms with Gasteiger partial charge in [-0.05, 0) is 0 Å². The van der Waals surface area contributed by atoms with Gasteiger partial charge in [-0.1, -0.05) is 13.8 Å². The molecule has 0 rings (SSSR count). The summed E-state index contributed by atoms with van der Waals surface area (Å²) in [5, 5.41) is 0. The Bertz CT molecular complexity index is 211. The van der Waals surface area contributed by atoms with Crippen LogP contribution in [-0.2, 0) is 23.7 Å². The highest BCUT2D eigenvalue weighted by molar-refractivity contribution is 5.81. The van der Waals surface area contributed by atoms with Crippen LogP contribution in [0, 0.1) is 5.92 Å². The minimum absolute atomic E-state index is 0.0278. The maximum atomic E-state index is 11.2. The van der Waals surface area contributed by atoms with Crippen LogP contribution < -0.4 is 5.73 Å². The molecule has 0 unspecified atom stereocenters. The van der Waals surface area contributed by atoms with Crippen LogP contribution in [0.5, 0.6) is 0 Å². The molecule has 0 atom stereocenters. The molecule has 0 saturated heterocycles. The Morgan fingerprint density at radius 2 is 1.26 bits per heavy atom. The highest BCUT2D eigenvalue weighted by Gasteiger charge is 2.06. The summed E-state index contributed by atoms with van der Waals surface area (Å²) in [4.78, 5) is 11.2. The summed E-state index contributed by atoms with van der Waals surface area (Å²) in [7, 11) is 0. The first-order chi connectivity index (χ1) is 9.18. The summed E-state index contributed by atoms with van der Waals surface area (Å²) >= 11 is 0. The van der Waals surface area contributed by atoms with Gasteiger partial charge in [0.25, 0.3) is 0 Å². The van der Waals surface area contributed by atoms with Gasteiger partial charge >= 0.3 is 0 Å². The van der Waals surface area contributed by atoms with Crippen molar-refractivity contribution in [1.29, 1.82) is 0 Å². The number of Topliss-reactive ketones (excluding diaryl/α,β-unsaturated/α-hetero) is 1. The second-order valence-corrected chi connectivity index (χ2v) is 4.36. The summed E-state index contributed by atoms with van der Waals surface area (Å²) in [6, 6.07) is 0. The topological polar surface area (TPSA) is 81.6 Å². The van der Waals surface area contributed by atoms with Gasteiger partial charge < -0.3 is 24.7 Å². The first-order valence-electron chi connectivity index (χ1n) is 6.81. The maximum absolute atomic E-state index is 11.2. The average Bonchev–Trinajstić information content (AvgIpc) is 2.39. The lowest BCUT2D eigenvalue weighted by Gasteiger charge is -2.07. The standard InChI is InChI=1S/C13H27NO5/c1-12(2)13(15)11-19-10-9-18-8-7-17-6-5-16-4-3-14/h12H,3-11,14H2,1-2H3/p+1. The van der Waals surface area contributed by atoms with Crippen LogP contribution >= 0.6 is 0 Å². The van der Waals surface area contributed by atoms with E-state index in [1.54, 1.807) is 0 Å². The molecule has 0 amide bonds. The van der Waals surface area contributed by atoms with E-state index in [0.29, 0.717) is 46.2 Å². The molecular weight excluding hydrogens is 250 g/mol. The molecule has 0 aromatic carbocycles. The molecule has 0 spiro atoms. The van der Waals surface area contributed by atoms with E-state index in [1.165, 1.54) is 0 Å². The number of quaternary nitrogens is 1. The van der Waals surface area contributed by atoms with Gasteiger partial charge in [0, 0.05) is 5.92 Å². The lowest BCUT2D eigenvalue weighted by atomic mass is 10.1. The Labute approximate surface area is 115 Å². The zero-order valence-electron chi connectivity index (χ0n) is 12.2. The van der Waals surface area contributed by atoms with E-state index in [-0.39, 0.29) is 18.3 Å². The monoisotopic (exact) mass is 278 g/mol. The van der Waals surface area contributed by atoms with E-state index in [2.05, 4.69) is 5.73 Å². The van der Waals surface area contributed by atoms with Crippen molar-refractivity contribution in [3.05, 3.63) is 0 Å². The van der Waals surface area contributed by atoms with Crippen molar-refractivity contribution in [3.63, 3.8) is 0 Å². The normalized spacial score (nSPS) is 11.2. The van der Waals surface area contributed by atoms with Crippen molar-refractivity contribution in [3.8, 4) is 0 Å². The second-order valence-electron chi connectivity index (χ2n) is 4.36. The first-order valence-corrected chi connectivity index (χ1v) is 6.81. The molecule has 0 aromatic heterocycles. The number of carbonyl (C=O) groups is 1. The summed E-state index contributed by atoms with van der Waals surface area (Å²) < 4.78 is 21.0. The predicted molar refractivity (Wildman–Crippen MR) is 70.9 cm³/mol. The molecule has 0 fully saturated rings. The van der Waals surface area contributed by atoms with Gasteiger partial charge in [-0.25, -0.2) is 0 Å². The Balaban J connectivity index is 3.05. The van der Waals surface area contributed by atoms with E-state index in [9.17, 15) is 4.79 Å². The number of ketones is 1. The van der Waals surface area contributed by atoms with Crippen molar-refractivity contribution in [2.24, 2.45) is 5.92 Å². The molecule has 0 aliphatic carbocycles. The van der Waals surface area contributed by atoms with Crippen LogP contribution in [-0.4, -0.2) is 65.2 Å². The number of rotatable bonds is 14. The largest absolute Gasteiger partial charge is 0.377 e.